The number of hydrogen-bond donors (Lipinski definition) is 0. The van der Waals surface area contributed by atoms with Crippen LogP contribution in [0.3, 0.4) is 0 Å². The summed E-state index contributed by atoms with van der Waals surface area (Å²) in [5.41, 5.74) is 0.802. The first-order chi connectivity index (χ1) is 5.76. The van der Waals surface area contributed by atoms with Crippen LogP contribution in [-0.2, 0) is 0 Å². The summed E-state index contributed by atoms with van der Waals surface area (Å²) in [6, 6.07) is 0. The van der Waals surface area contributed by atoms with Crippen molar-refractivity contribution in [3.05, 3.63) is 0 Å². The molecule has 2 aliphatic rings. The van der Waals surface area contributed by atoms with Gasteiger partial charge in [-0.2, -0.15) is 0 Å². The standard InChI is InChI=1S/C12H22/c1-3-5-10-6-4-7-11(10)12(2)8-9-12/h10-11H,3-9H2,1-2H3. The highest BCUT2D eigenvalue weighted by molar-refractivity contribution is 4.99. The van der Waals surface area contributed by atoms with Crippen molar-refractivity contribution in [1.29, 1.82) is 0 Å². The van der Waals surface area contributed by atoms with E-state index in [4.69, 9.17) is 0 Å². The molecule has 2 unspecified atom stereocenters. The van der Waals surface area contributed by atoms with Gasteiger partial charge in [0, 0.05) is 0 Å². The summed E-state index contributed by atoms with van der Waals surface area (Å²) in [7, 11) is 0. The van der Waals surface area contributed by atoms with E-state index < -0.39 is 0 Å². The Labute approximate surface area is 76.7 Å². The van der Waals surface area contributed by atoms with Crippen LogP contribution in [0.25, 0.3) is 0 Å². The molecule has 2 atom stereocenters. The molecule has 0 aromatic rings. The van der Waals surface area contributed by atoms with Crippen LogP contribution in [0.1, 0.15) is 58.8 Å². The van der Waals surface area contributed by atoms with Gasteiger partial charge in [-0.15, -0.1) is 0 Å². The van der Waals surface area contributed by atoms with Crippen LogP contribution in [0.2, 0.25) is 0 Å². The molecule has 0 nitrogen and oxygen atoms in total. The van der Waals surface area contributed by atoms with Gasteiger partial charge in [-0.25, -0.2) is 0 Å². The molecule has 0 aromatic heterocycles. The van der Waals surface area contributed by atoms with E-state index in [1.54, 1.807) is 6.42 Å². The summed E-state index contributed by atoms with van der Waals surface area (Å²) < 4.78 is 0. The van der Waals surface area contributed by atoms with Crippen molar-refractivity contribution in [1.82, 2.24) is 0 Å². The molecule has 2 aliphatic carbocycles. The lowest BCUT2D eigenvalue weighted by molar-refractivity contribution is 0.245. The maximum absolute atomic E-state index is 2.52. The molecular formula is C12H22. The minimum Gasteiger partial charge on any atom is -0.0654 e. The van der Waals surface area contributed by atoms with Crippen LogP contribution in [0, 0.1) is 17.3 Å². The van der Waals surface area contributed by atoms with Gasteiger partial charge in [-0.3, -0.25) is 0 Å². The van der Waals surface area contributed by atoms with Gasteiger partial charge >= 0.3 is 0 Å². The van der Waals surface area contributed by atoms with Gasteiger partial charge in [0.1, 0.15) is 0 Å². The molecule has 0 heteroatoms. The average Bonchev–Trinajstić information content (AvgIpc) is 2.64. The maximum Gasteiger partial charge on any atom is -0.0294 e. The van der Waals surface area contributed by atoms with Gasteiger partial charge in [0.15, 0.2) is 0 Å². The van der Waals surface area contributed by atoms with Crippen LogP contribution in [0.15, 0.2) is 0 Å². The van der Waals surface area contributed by atoms with Crippen molar-refractivity contribution < 1.29 is 0 Å². The second-order valence-corrected chi connectivity index (χ2v) is 5.24. The molecule has 0 saturated heterocycles. The Kier molecular flexibility index (Phi) is 2.18. The topological polar surface area (TPSA) is 0 Å². The fourth-order valence-corrected chi connectivity index (χ4v) is 3.24. The van der Waals surface area contributed by atoms with Crippen molar-refractivity contribution in [2.24, 2.45) is 17.3 Å². The summed E-state index contributed by atoms with van der Waals surface area (Å²) in [6.45, 7) is 4.86. The maximum atomic E-state index is 2.52. The van der Waals surface area contributed by atoms with Gasteiger partial charge in [0.2, 0.25) is 0 Å². The van der Waals surface area contributed by atoms with Gasteiger partial charge in [0.05, 0.1) is 0 Å². The van der Waals surface area contributed by atoms with E-state index in [0.29, 0.717) is 0 Å². The Bertz CT molecular complexity index is 155. The molecular weight excluding hydrogens is 144 g/mol. The van der Waals surface area contributed by atoms with E-state index in [-0.39, 0.29) is 0 Å². The van der Waals surface area contributed by atoms with Crippen LogP contribution in [0.5, 0.6) is 0 Å². The SMILES string of the molecule is CCCC1CCCC1C1(C)CC1. The van der Waals surface area contributed by atoms with Crippen LogP contribution in [0.4, 0.5) is 0 Å². The molecule has 0 aromatic carbocycles. The van der Waals surface area contributed by atoms with Crippen molar-refractivity contribution in [3.63, 3.8) is 0 Å². The minimum absolute atomic E-state index is 0.802. The zero-order valence-electron chi connectivity index (χ0n) is 8.60. The molecule has 12 heavy (non-hydrogen) atoms. The Balaban J connectivity index is 1.94. The van der Waals surface area contributed by atoms with E-state index in [1.165, 1.54) is 38.5 Å². The zero-order chi connectivity index (χ0) is 8.60. The lowest BCUT2D eigenvalue weighted by atomic mass is 9.80. The van der Waals surface area contributed by atoms with Crippen molar-refractivity contribution in [2.45, 2.75) is 58.8 Å². The first-order valence-electron chi connectivity index (χ1n) is 5.76. The Morgan fingerprint density at radius 2 is 2.00 bits per heavy atom. The molecule has 0 amide bonds. The van der Waals surface area contributed by atoms with Gasteiger partial charge in [0.25, 0.3) is 0 Å². The highest BCUT2D eigenvalue weighted by Gasteiger charge is 2.48. The van der Waals surface area contributed by atoms with E-state index in [0.717, 1.165) is 17.3 Å². The summed E-state index contributed by atoms with van der Waals surface area (Å²) in [4.78, 5) is 0. The average molecular weight is 166 g/mol. The van der Waals surface area contributed by atoms with Gasteiger partial charge in [-0.05, 0) is 36.5 Å². The zero-order valence-corrected chi connectivity index (χ0v) is 8.60. The van der Waals surface area contributed by atoms with Crippen molar-refractivity contribution in [3.8, 4) is 0 Å². The fraction of sp³-hybridized carbons (Fsp3) is 1.00. The van der Waals surface area contributed by atoms with Crippen molar-refractivity contribution in [2.75, 3.05) is 0 Å². The van der Waals surface area contributed by atoms with E-state index in [2.05, 4.69) is 13.8 Å². The lowest BCUT2D eigenvalue weighted by Crippen LogP contribution is -2.17. The fourth-order valence-electron chi connectivity index (χ4n) is 3.24. The smallest absolute Gasteiger partial charge is 0.0294 e. The second-order valence-electron chi connectivity index (χ2n) is 5.24. The predicted octanol–water partition coefficient (Wildman–Crippen LogP) is 4.00. The first kappa shape index (κ1) is 8.59. The second kappa shape index (κ2) is 3.05. The third-order valence-electron chi connectivity index (χ3n) is 4.25. The summed E-state index contributed by atoms with van der Waals surface area (Å²) in [5.74, 6) is 2.21. The normalized spacial score (nSPS) is 38.5. The summed E-state index contributed by atoms with van der Waals surface area (Å²) >= 11 is 0. The molecule has 0 radical (unpaired) electrons. The summed E-state index contributed by atoms with van der Waals surface area (Å²) in [5, 5.41) is 0. The number of rotatable bonds is 3. The van der Waals surface area contributed by atoms with E-state index >= 15 is 0 Å². The molecule has 70 valence electrons. The predicted molar refractivity (Wildman–Crippen MR) is 53.1 cm³/mol. The van der Waals surface area contributed by atoms with Gasteiger partial charge < -0.3 is 0 Å². The molecule has 2 saturated carbocycles. The Hall–Kier alpha value is 0. The molecule has 0 heterocycles. The van der Waals surface area contributed by atoms with Crippen LogP contribution in [-0.4, -0.2) is 0 Å². The quantitative estimate of drug-likeness (QED) is 0.594. The van der Waals surface area contributed by atoms with Crippen LogP contribution >= 0.6 is 0 Å². The first-order valence-corrected chi connectivity index (χ1v) is 5.76. The van der Waals surface area contributed by atoms with Gasteiger partial charge in [-0.1, -0.05) is 39.5 Å². The molecule has 0 N–H and O–H groups in total. The minimum atomic E-state index is 0.802. The molecule has 2 rings (SSSR count). The van der Waals surface area contributed by atoms with Crippen LogP contribution < -0.4 is 0 Å². The highest BCUT2D eigenvalue weighted by Crippen LogP contribution is 2.59. The third-order valence-corrected chi connectivity index (χ3v) is 4.25. The third kappa shape index (κ3) is 1.41. The number of hydrogen-bond acceptors (Lipinski definition) is 0. The Morgan fingerprint density at radius 3 is 2.58 bits per heavy atom. The van der Waals surface area contributed by atoms with E-state index in [9.17, 15) is 0 Å². The molecule has 0 aliphatic heterocycles. The van der Waals surface area contributed by atoms with Crippen molar-refractivity contribution >= 4 is 0 Å². The monoisotopic (exact) mass is 166 g/mol. The molecule has 0 spiro atoms. The highest BCUT2D eigenvalue weighted by atomic mass is 14.5. The summed E-state index contributed by atoms with van der Waals surface area (Å²) in [6.07, 6.45) is 10.5. The van der Waals surface area contributed by atoms with E-state index in [1.807, 2.05) is 0 Å². The molecule has 0 bridgehead atoms. The molecule has 2 fully saturated rings. The largest absolute Gasteiger partial charge is 0.0654 e. The Morgan fingerprint density at radius 1 is 1.25 bits per heavy atom. The lowest BCUT2D eigenvalue weighted by Gasteiger charge is -2.25.